The summed E-state index contributed by atoms with van der Waals surface area (Å²) in [5.41, 5.74) is 0.497. The lowest BCUT2D eigenvalue weighted by Crippen LogP contribution is -2.42. The quantitative estimate of drug-likeness (QED) is 0.729. The van der Waals surface area contributed by atoms with Crippen LogP contribution in [-0.4, -0.2) is 57.0 Å². The Kier molecular flexibility index (Phi) is 6.12. The molecule has 144 valence electrons. The van der Waals surface area contributed by atoms with Crippen LogP contribution in [0.25, 0.3) is 0 Å². The average Bonchev–Trinajstić information content (AvgIpc) is 3.29. The Hall–Kier alpha value is -2.81. The summed E-state index contributed by atoms with van der Waals surface area (Å²) in [6.07, 6.45) is 4.33. The van der Waals surface area contributed by atoms with Crippen LogP contribution in [0, 0.1) is 0 Å². The molecule has 0 spiro atoms. The monoisotopic (exact) mass is 372 g/mol. The van der Waals surface area contributed by atoms with Crippen LogP contribution in [0.1, 0.15) is 42.3 Å². The van der Waals surface area contributed by atoms with Crippen molar-refractivity contribution < 1.29 is 14.1 Å². The molecular formula is C18H24N6O3. The van der Waals surface area contributed by atoms with Crippen LogP contribution in [0.3, 0.4) is 0 Å². The summed E-state index contributed by atoms with van der Waals surface area (Å²) in [4.78, 5) is 35.1. The van der Waals surface area contributed by atoms with Crippen molar-refractivity contribution in [3.63, 3.8) is 0 Å². The molecule has 0 aromatic carbocycles. The first-order valence-corrected chi connectivity index (χ1v) is 9.14. The van der Waals surface area contributed by atoms with Crippen LogP contribution in [0.4, 0.5) is 0 Å². The molecule has 3 heterocycles. The van der Waals surface area contributed by atoms with E-state index in [1.807, 2.05) is 18.7 Å². The van der Waals surface area contributed by atoms with E-state index < -0.39 is 0 Å². The van der Waals surface area contributed by atoms with Gasteiger partial charge in [-0.15, -0.1) is 0 Å². The molecule has 1 aliphatic rings. The molecule has 2 N–H and O–H groups in total. The van der Waals surface area contributed by atoms with E-state index in [0.29, 0.717) is 49.8 Å². The number of aromatic nitrogens is 3. The highest BCUT2D eigenvalue weighted by Crippen LogP contribution is 2.21. The van der Waals surface area contributed by atoms with Gasteiger partial charge in [0, 0.05) is 37.9 Å². The molecule has 0 radical (unpaired) electrons. The van der Waals surface area contributed by atoms with E-state index >= 15 is 0 Å². The van der Waals surface area contributed by atoms with E-state index in [1.54, 1.807) is 18.3 Å². The van der Waals surface area contributed by atoms with Crippen molar-refractivity contribution in [3.05, 3.63) is 41.8 Å². The smallest absolute Gasteiger partial charge is 0.253 e. The molecule has 1 saturated heterocycles. The van der Waals surface area contributed by atoms with Gasteiger partial charge < -0.3 is 15.2 Å². The zero-order valence-corrected chi connectivity index (χ0v) is 15.5. The van der Waals surface area contributed by atoms with Gasteiger partial charge >= 0.3 is 0 Å². The maximum atomic E-state index is 12.5. The lowest BCUT2D eigenvalue weighted by Gasteiger charge is -2.21. The number of aryl methyl sites for hydroxylation is 1. The first kappa shape index (κ1) is 19.0. The fourth-order valence-corrected chi connectivity index (χ4v) is 3.19. The van der Waals surface area contributed by atoms with Gasteiger partial charge in [0.25, 0.3) is 5.91 Å². The molecule has 0 bridgehead atoms. The standard InChI is InChI=1S/C18H24N6O3/c1-3-16-22-15(23-27-16)11-24-10-13(8-14(24)18(26)20-4-2)21-17(25)12-6-5-7-19-9-12/h5-7,9,13-14H,3-4,8,10-11H2,1-2H3,(H,20,26)(H,21,25)/t13-,14+/m0/s1. The molecule has 2 aromatic rings. The van der Waals surface area contributed by atoms with Crippen molar-refractivity contribution in [2.75, 3.05) is 13.1 Å². The Morgan fingerprint density at radius 3 is 2.89 bits per heavy atom. The summed E-state index contributed by atoms with van der Waals surface area (Å²) < 4.78 is 5.15. The van der Waals surface area contributed by atoms with Crippen LogP contribution in [0.2, 0.25) is 0 Å². The van der Waals surface area contributed by atoms with Crippen molar-refractivity contribution >= 4 is 11.8 Å². The summed E-state index contributed by atoms with van der Waals surface area (Å²) in [5.74, 6) is 0.854. The van der Waals surface area contributed by atoms with Gasteiger partial charge in [0.05, 0.1) is 18.2 Å². The Balaban J connectivity index is 1.68. The lowest BCUT2D eigenvalue weighted by atomic mass is 10.1. The Bertz CT molecular complexity index is 778. The van der Waals surface area contributed by atoms with Crippen molar-refractivity contribution in [1.29, 1.82) is 0 Å². The number of hydrogen-bond donors (Lipinski definition) is 2. The number of carbonyl (C=O) groups excluding carboxylic acids is 2. The second-order valence-corrected chi connectivity index (χ2v) is 6.45. The van der Waals surface area contributed by atoms with Gasteiger partial charge in [-0.05, 0) is 25.5 Å². The number of carbonyl (C=O) groups is 2. The molecule has 2 atom stereocenters. The highest BCUT2D eigenvalue weighted by Gasteiger charge is 2.38. The number of likely N-dealkylation sites (tertiary alicyclic amines) is 1. The van der Waals surface area contributed by atoms with E-state index in [4.69, 9.17) is 4.52 Å². The molecule has 0 saturated carbocycles. The highest BCUT2D eigenvalue weighted by atomic mass is 16.5. The van der Waals surface area contributed by atoms with Gasteiger partial charge in [-0.2, -0.15) is 4.98 Å². The van der Waals surface area contributed by atoms with Crippen LogP contribution in [0.5, 0.6) is 0 Å². The molecule has 1 fully saturated rings. The van der Waals surface area contributed by atoms with Crippen LogP contribution >= 0.6 is 0 Å². The lowest BCUT2D eigenvalue weighted by molar-refractivity contribution is -0.125. The van der Waals surface area contributed by atoms with E-state index in [0.717, 1.165) is 0 Å². The molecular weight excluding hydrogens is 348 g/mol. The number of likely N-dealkylation sites (N-methyl/N-ethyl adjacent to an activating group) is 1. The van der Waals surface area contributed by atoms with Gasteiger partial charge in [-0.1, -0.05) is 12.1 Å². The van der Waals surface area contributed by atoms with Crippen LogP contribution < -0.4 is 10.6 Å². The molecule has 2 amide bonds. The maximum absolute atomic E-state index is 12.5. The summed E-state index contributed by atoms with van der Waals surface area (Å²) in [6, 6.07) is 2.92. The third-order valence-corrected chi connectivity index (χ3v) is 4.47. The van der Waals surface area contributed by atoms with Crippen LogP contribution in [0.15, 0.2) is 29.0 Å². The van der Waals surface area contributed by atoms with E-state index in [2.05, 4.69) is 25.8 Å². The SMILES string of the molecule is CCNC(=O)[C@H]1C[C@H](NC(=O)c2cccnc2)CN1Cc1noc(CC)n1. The third-order valence-electron chi connectivity index (χ3n) is 4.47. The average molecular weight is 372 g/mol. The first-order chi connectivity index (χ1) is 13.1. The van der Waals surface area contributed by atoms with Crippen molar-refractivity contribution in [3.8, 4) is 0 Å². The van der Waals surface area contributed by atoms with Gasteiger partial charge in [0.2, 0.25) is 11.8 Å². The summed E-state index contributed by atoms with van der Waals surface area (Å²) in [7, 11) is 0. The summed E-state index contributed by atoms with van der Waals surface area (Å²) in [5, 5.41) is 9.82. The highest BCUT2D eigenvalue weighted by molar-refractivity contribution is 5.94. The molecule has 27 heavy (non-hydrogen) atoms. The minimum absolute atomic E-state index is 0.0603. The Labute approximate surface area is 157 Å². The number of nitrogens with one attached hydrogen (secondary N) is 2. The third kappa shape index (κ3) is 4.68. The van der Waals surface area contributed by atoms with Crippen LogP contribution in [-0.2, 0) is 17.8 Å². The molecule has 1 aliphatic heterocycles. The second kappa shape index (κ2) is 8.72. The molecule has 9 nitrogen and oxygen atoms in total. The Morgan fingerprint density at radius 1 is 1.37 bits per heavy atom. The zero-order valence-electron chi connectivity index (χ0n) is 15.5. The van der Waals surface area contributed by atoms with E-state index in [-0.39, 0.29) is 23.9 Å². The second-order valence-electron chi connectivity index (χ2n) is 6.45. The van der Waals surface area contributed by atoms with Crippen molar-refractivity contribution in [2.24, 2.45) is 0 Å². The van der Waals surface area contributed by atoms with E-state index in [1.165, 1.54) is 6.20 Å². The van der Waals surface area contributed by atoms with Crippen molar-refractivity contribution in [2.45, 2.75) is 45.3 Å². The number of pyridine rings is 1. The van der Waals surface area contributed by atoms with Gasteiger partial charge in [-0.3, -0.25) is 19.5 Å². The summed E-state index contributed by atoms with van der Waals surface area (Å²) in [6.45, 7) is 5.30. The number of nitrogens with zero attached hydrogens (tertiary/aromatic N) is 4. The van der Waals surface area contributed by atoms with Gasteiger partial charge in [0.1, 0.15) is 0 Å². The topological polar surface area (TPSA) is 113 Å². The molecule has 0 unspecified atom stereocenters. The number of rotatable bonds is 7. The maximum Gasteiger partial charge on any atom is 0.253 e. The summed E-state index contributed by atoms with van der Waals surface area (Å²) >= 11 is 0. The molecule has 3 rings (SSSR count). The fourth-order valence-electron chi connectivity index (χ4n) is 3.19. The predicted molar refractivity (Wildman–Crippen MR) is 96.7 cm³/mol. The van der Waals surface area contributed by atoms with Crippen molar-refractivity contribution in [1.82, 2.24) is 30.7 Å². The largest absolute Gasteiger partial charge is 0.355 e. The Morgan fingerprint density at radius 2 is 2.22 bits per heavy atom. The van der Waals surface area contributed by atoms with Gasteiger partial charge in [-0.25, -0.2) is 0 Å². The number of amides is 2. The van der Waals surface area contributed by atoms with E-state index in [9.17, 15) is 9.59 Å². The molecule has 9 heteroatoms. The number of hydrogen-bond acceptors (Lipinski definition) is 7. The van der Waals surface area contributed by atoms with Gasteiger partial charge in [0.15, 0.2) is 5.82 Å². The fraction of sp³-hybridized carbons (Fsp3) is 0.500. The minimum Gasteiger partial charge on any atom is -0.355 e. The predicted octanol–water partition coefficient (Wildman–Crippen LogP) is 0.536. The normalized spacial score (nSPS) is 19.8. The molecule has 0 aliphatic carbocycles. The zero-order chi connectivity index (χ0) is 19.2. The first-order valence-electron chi connectivity index (χ1n) is 9.14. The minimum atomic E-state index is -0.354. The molecule has 2 aromatic heterocycles.